The van der Waals surface area contributed by atoms with E-state index in [1.165, 1.54) is 25.3 Å². The number of rotatable bonds is 4. The highest BCUT2D eigenvalue weighted by Crippen LogP contribution is 2.61. The van der Waals surface area contributed by atoms with E-state index in [0.29, 0.717) is 18.7 Å². The molecule has 4 heterocycles. The van der Waals surface area contributed by atoms with Crippen LogP contribution in [0.25, 0.3) is 0 Å². The van der Waals surface area contributed by atoms with E-state index in [9.17, 15) is 24.5 Å². The summed E-state index contributed by atoms with van der Waals surface area (Å²) in [4.78, 5) is 55.5. The molecule has 1 N–H and O–H groups in total. The van der Waals surface area contributed by atoms with E-state index < -0.39 is 34.1 Å². The molecule has 0 bridgehead atoms. The van der Waals surface area contributed by atoms with Gasteiger partial charge in [-0.25, -0.2) is 4.90 Å². The minimum Gasteiger partial charge on any atom is -0.494 e. The Morgan fingerprint density at radius 3 is 2.69 bits per heavy atom. The second kappa shape index (κ2) is 7.35. The smallest absolute Gasteiger partial charge is 0.273 e. The van der Waals surface area contributed by atoms with E-state index >= 15 is 0 Å². The number of carbonyl (C=O) groups is 3. The van der Waals surface area contributed by atoms with Gasteiger partial charge in [0.25, 0.3) is 5.69 Å². The molecule has 6 rings (SSSR count). The zero-order chi connectivity index (χ0) is 24.6. The minimum atomic E-state index is -1.26. The van der Waals surface area contributed by atoms with Crippen molar-refractivity contribution in [1.29, 1.82) is 0 Å². The van der Waals surface area contributed by atoms with E-state index in [2.05, 4.69) is 10.2 Å². The molecule has 3 fully saturated rings. The molecular weight excluding hydrogens is 452 g/mol. The number of methoxy groups -OCH3 is 1. The lowest BCUT2D eigenvalue weighted by Gasteiger charge is -2.36. The lowest BCUT2D eigenvalue weighted by Crippen LogP contribution is -2.54. The van der Waals surface area contributed by atoms with Crippen LogP contribution < -0.4 is 15.0 Å². The Bertz CT molecular complexity index is 1330. The number of nitro groups is 1. The van der Waals surface area contributed by atoms with Crippen LogP contribution in [0.1, 0.15) is 30.9 Å². The summed E-state index contributed by atoms with van der Waals surface area (Å²) in [6.07, 6.45) is 2.31. The van der Waals surface area contributed by atoms with Crippen molar-refractivity contribution in [1.82, 2.24) is 4.90 Å². The molecule has 4 atom stereocenters. The summed E-state index contributed by atoms with van der Waals surface area (Å²) in [6.45, 7) is 2.66. The van der Waals surface area contributed by atoms with Crippen molar-refractivity contribution in [2.45, 2.75) is 37.8 Å². The maximum Gasteiger partial charge on any atom is 0.273 e. The molecule has 35 heavy (non-hydrogen) atoms. The molecule has 0 saturated carbocycles. The molecule has 4 aliphatic rings. The van der Waals surface area contributed by atoms with Gasteiger partial charge in [-0.15, -0.1) is 0 Å². The molecule has 1 spiro atoms. The number of non-ortho nitro benzene ring substituents is 1. The van der Waals surface area contributed by atoms with Gasteiger partial charge in [-0.2, -0.15) is 0 Å². The maximum absolute atomic E-state index is 14.1. The van der Waals surface area contributed by atoms with E-state index in [0.717, 1.165) is 28.9 Å². The Kier molecular flexibility index (Phi) is 4.56. The van der Waals surface area contributed by atoms with Gasteiger partial charge in [0.2, 0.25) is 17.7 Å². The SMILES string of the molecule is CCc1ccc2c(c1)[C@]1(C(=O)N2)[C@@H]2C(=O)N(c3ccc([N+](=O)[O-])cc3OC)C(=O)[C@H]2[C@H]2CCCN21. The first-order chi connectivity index (χ1) is 16.8. The van der Waals surface area contributed by atoms with Crippen LogP contribution in [0.2, 0.25) is 0 Å². The number of hydrogen-bond donors (Lipinski definition) is 1. The first-order valence-corrected chi connectivity index (χ1v) is 11.8. The predicted molar refractivity (Wildman–Crippen MR) is 125 cm³/mol. The van der Waals surface area contributed by atoms with Crippen LogP contribution in [0.3, 0.4) is 0 Å². The lowest BCUT2D eigenvalue weighted by molar-refractivity contribution is -0.384. The van der Waals surface area contributed by atoms with Gasteiger partial charge in [-0.1, -0.05) is 19.1 Å². The fraction of sp³-hybridized carbons (Fsp3) is 0.400. The van der Waals surface area contributed by atoms with Crippen molar-refractivity contribution in [2.24, 2.45) is 11.8 Å². The van der Waals surface area contributed by atoms with Gasteiger partial charge in [0.05, 0.1) is 35.6 Å². The Morgan fingerprint density at radius 2 is 1.97 bits per heavy atom. The predicted octanol–water partition coefficient (Wildman–Crippen LogP) is 2.60. The van der Waals surface area contributed by atoms with E-state index in [1.807, 2.05) is 25.1 Å². The number of hydrogen-bond acceptors (Lipinski definition) is 7. The summed E-state index contributed by atoms with van der Waals surface area (Å²) in [7, 11) is 1.33. The zero-order valence-corrected chi connectivity index (χ0v) is 19.3. The Morgan fingerprint density at radius 1 is 1.17 bits per heavy atom. The molecule has 2 aromatic carbocycles. The van der Waals surface area contributed by atoms with Crippen LogP contribution >= 0.6 is 0 Å². The highest BCUT2D eigenvalue weighted by molar-refractivity contribution is 6.26. The summed E-state index contributed by atoms with van der Waals surface area (Å²) < 4.78 is 5.34. The molecule has 2 aromatic rings. The number of fused-ring (bicyclic) bond motifs is 7. The third-order valence-electron chi connectivity index (χ3n) is 8.08. The Balaban J connectivity index is 1.53. The summed E-state index contributed by atoms with van der Waals surface area (Å²) in [5.74, 6) is -2.68. The van der Waals surface area contributed by atoms with E-state index in [1.54, 1.807) is 0 Å². The Labute approximate surface area is 201 Å². The van der Waals surface area contributed by atoms with Gasteiger partial charge in [0, 0.05) is 23.4 Å². The minimum absolute atomic E-state index is 0.0581. The third-order valence-corrected chi connectivity index (χ3v) is 8.08. The van der Waals surface area contributed by atoms with Crippen LogP contribution in [-0.2, 0) is 26.3 Å². The highest BCUT2D eigenvalue weighted by Gasteiger charge is 2.74. The van der Waals surface area contributed by atoms with Crippen molar-refractivity contribution in [2.75, 3.05) is 23.9 Å². The number of benzene rings is 2. The van der Waals surface area contributed by atoms with E-state index in [4.69, 9.17) is 4.74 Å². The summed E-state index contributed by atoms with van der Waals surface area (Å²) in [5.41, 5.74) is 1.15. The molecule has 4 aliphatic heterocycles. The summed E-state index contributed by atoms with van der Waals surface area (Å²) in [5, 5.41) is 14.2. The van der Waals surface area contributed by atoms with Gasteiger partial charge >= 0.3 is 0 Å². The number of nitrogens with one attached hydrogen (secondary N) is 1. The maximum atomic E-state index is 14.1. The highest BCUT2D eigenvalue weighted by atomic mass is 16.6. The van der Waals surface area contributed by atoms with Gasteiger partial charge in [0.1, 0.15) is 11.3 Å². The summed E-state index contributed by atoms with van der Waals surface area (Å²) >= 11 is 0. The molecular formula is C25H24N4O6. The molecule has 3 amide bonds. The van der Waals surface area contributed by atoms with Crippen LogP contribution in [-0.4, -0.2) is 47.2 Å². The monoisotopic (exact) mass is 476 g/mol. The largest absolute Gasteiger partial charge is 0.494 e. The molecule has 0 aliphatic carbocycles. The summed E-state index contributed by atoms with van der Waals surface area (Å²) in [6, 6.07) is 9.39. The van der Waals surface area contributed by atoms with Gasteiger partial charge in [-0.3, -0.25) is 29.4 Å². The van der Waals surface area contributed by atoms with Crippen molar-refractivity contribution in [3.05, 3.63) is 57.6 Å². The van der Waals surface area contributed by atoms with Gasteiger partial charge in [0.15, 0.2) is 0 Å². The van der Waals surface area contributed by atoms with Crippen LogP contribution in [0.5, 0.6) is 5.75 Å². The molecule has 0 radical (unpaired) electrons. The molecule has 180 valence electrons. The molecule has 10 heteroatoms. The van der Waals surface area contributed by atoms with Gasteiger partial charge < -0.3 is 10.1 Å². The van der Waals surface area contributed by atoms with Crippen molar-refractivity contribution < 1.29 is 24.0 Å². The lowest BCUT2D eigenvalue weighted by atomic mass is 9.75. The normalized spacial score (nSPS) is 28.9. The van der Waals surface area contributed by atoms with E-state index in [-0.39, 0.29) is 29.1 Å². The fourth-order valence-corrected chi connectivity index (χ4v) is 6.67. The number of anilines is 2. The van der Waals surface area contributed by atoms with Crippen molar-refractivity contribution in [3.8, 4) is 5.75 Å². The van der Waals surface area contributed by atoms with Crippen molar-refractivity contribution in [3.63, 3.8) is 0 Å². The molecule has 10 nitrogen and oxygen atoms in total. The fourth-order valence-electron chi connectivity index (χ4n) is 6.67. The van der Waals surface area contributed by atoms with Crippen LogP contribution in [0.15, 0.2) is 36.4 Å². The molecule has 0 aromatic heterocycles. The average Bonchev–Trinajstić information content (AvgIpc) is 3.56. The average molecular weight is 476 g/mol. The molecule has 0 unspecified atom stereocenters. The molecule has 3 saturated heterocycles. The zero-order valence-electron chi connectivity index (χ0n) is 19.3. The van der Waals surface area contributed by atoms with Gasteiger partial charge in [-0.05, 0) is 43.5 Å². The van der Waals surface area contributed by atoms with Crippen molar-refractivity contribution >= 4 is 34.8 Å². The van der Waals surface area contributed by atoms with Crippen LogP contribution in [0, 0.1) is 22.0 Å². The topological polar surface area (TPSA) is 122 Å². The number of ether oxygens (including phenoxy) is 1. The number of amides is 3. The third kappa shape index (κ3) is 2.60. The number of aryl methyl sites for hydroxylation is 1. The number of nitrogens with zero attached hydrogens (tertiary/aromatic N) is 3. The Hall–Kier alpha value is -3.79. The number of nitro benzene ring substituents is 1. The second-order valence-electron chi connectivity index (χ2n) is 9.49. The standard InChI is InChI=1S/C25H24N4O6/c1-3-13-6-8-16-15(11-13)25(24(32)26-16)21-20(18-5-4-10-27(18)25)22(30)28(23(21)31)17-9-7-14(29(33)34)12-19(17)35-2/h6-9,11-12,18,20-21H,3-5,10H2,1-2H3,(H,26,32)/t18-,20+,21+,25-/m1/s1. The first kappa shape index (κ1) is 21.7. The second-order valence-corrected chi connectivity index (χ2v) is 9.49. The number of imide groups is 1. The first-order valence-electron chi connectivity index (χ1n) is 11.8. The number of carbonyl (C=O) groups excluding carboxylic acids is 3. The van der Waals surface area contributed by atoms with Crippen LogP contribution in [0.4, 0.5) is 17.1 Å². The quantitative estimate of drug-likeness (QED) is 0.409.